The fourth-order valence-corrected chi connectivity index (χ4v) is 2.08. The van der Waals surface area contributed by atoms with E-state index in [1.165, 1.54) is 0 Å². The topological polar surface area (TPSA) is 46.3 Å². The molecule has 82 valence electrons. The fraction of sp³-hybridized carbons (Fsp3) is 0.909. The average molecular weight is 198 g/mol. The molecule has 3 atom stereocenters. The van der Waals surface area contributed by atoms with Gasteiger partial charge in [0.15, 0.2) is 0 Å². The van der Waals surface area contributed by atoms with Crippen molar-refractivity contribution in [2.45, 2.75) is 46.2 Å². The molecule has 1 heterocycles. The van der Waals surface area contributed by atoms with Gasteiger partial charge in [-0.2, -0.15) is 0 Å². The van der Waals surface area contributed by atoms with Crippen LogP contribution in [0.3, 0.4) is 0 Å². The zero-order valence-corrected chi connectivity index (χ0v) is 9.66. The van der Waals surface area contributed by atoms with Gasteiger partial charge in [-0.3, -0.25) is 4.79 Å². The van der Waals surface area contributed by atoms with Gasteiger partial charge in [-0.15, -0.1) is 0 Å². The summed E-state index contributed by atoms with van der Waals surface area (Å²) in [5.74, 6) is 0.968. The van der Waals surface area contributed by atoms with Crippen LogP contribution in [0, 0.1) is 11.8 Å². The molecular formula is C11H22N2O. The van der Waals surface area contributed by atoms with Gasteiger partial charge in [0, 0.05) is 12.6 Å². The predicted octanol–water partition coefficient (Wildman–Crippen LogP) is 1.23. The normalized spacial score (nSPS) is 29.7. The molecule has 2 N–H and O–H groups in total. The van der Waals surface area contributed by atoms with Crippen LogP contribution in [0.25, 0.3) is 0 Å². The van der Waals surface area contributed by atoms with Crippen molar-refractivity contribution in [3.05, 3.63) is 0 Å². The van der Waals surface area contributed by atoms with Crippen molar-refractivity contribution in [1.82, 2.24) is 4.90 Å². The second-order valence-electron chi connectivity index (χ2n) is 4.95. The largest absolute Gasteiger partial charge is 0.338 e. The number of amides is 1. The molecule has 3 heteroatoms. The molecule has 0 aliphatic carbocycles. The highest BCUT2D eigenvalue weighted by molar-refractivity contribution is 5.82. The van der Waals surface area contributed by atoms with E-state index in [9.17, 15) is 4.79 Å². The van der Waals surface area contributed by atoms with Gasteiger partial charge in [0.25, 0.3) is 0 Å². The third-order valence-electron chi connectivity index (χ3n) is 3.07. The van der Waals surface area contributed by atoms with Crippen LogP contribution in [0.4, 0.5) is 0 Å². The van der Waals surface area contributed by atoms with Crippen molar-refractivity contribution < 1.29 is 4.79 Å². The van der Waals surface area contributed by atoms with Crippen LogP contribution >= 0.6 is 0 Å². The van der Waals surface area contributed by atoms with Crippen molar-refractivity contribution in [3.63, 3.8) is 0 Å². The van der Waals surface area contributed by atoms with E-state index < -0.39 is 0 Å². The van der Waals surface area contributed by atoms with Crippen LogP contribution < -0.4 is 5.73 Å². The molecule has 1 rings (SSSR count). The summed E-state index contributed by atoms with van der Waals surface area (Å²) in [6.07, 6.45) is 1.11. The molecule has 0 aromatic heterocycles. The molecule has 1 fully saturated rings. The molecule has 1 aliphatic rings. The lowest BCUT2D eigenvalue weighted by molar-refractivity contribution is -0.134. The number of hydrogen-bond acceptors (Lipinski definition) is 2. The molecule has 3 nitrogen and oxygen atoms in total. The van der Waals surface area contributed by atoms with E-state index in [0.717, 1.165) is 13.0 Å². The third-order valence-corrected chi connectivity index (χ3v) is 3.07. The Kier molecular flexibility index (Phi) is 3.53. The summed E-state index contributed by atoms with van der Waals surface area (Å²) in [7, 11) is 0. The maximum absolute atomic E-state index is 11.9. The molecule has 14 heavy (non-hydrogen) atoms. The molecule has 0 bridgehead atoms. The van der Waals surface area contributed by atoms with E-state index in [1.54, 1.807) is 0 Å². The summed E-state index contributed by atoms with van der Waals surface area (Å²) < 4.78 is 0. The highest BCUT2D eigenvalue weighted by atomic mass is 16.2. The highest BCUT2D eigenvalue weighted by Gasteiger charge is 2.33. The Morgan fingerprint density at radius 3 is 2.36 bits per heavy atom. The Balaban J connectivity index is 2.61. The molecule has 0 saturated carbocycles. The lowest BCUT2D eigenvalue weighted by Gasteiger charge is -2.26. The van der Waals surface area contributed by atoms with Crippen molar-refractivity contribution in [3.8, 4) is 0 Å². The number of carbonyl (C=O) groups is 1. The van der Waals surface area contributed by atoms with Crippen LogP contribution in [0.5, 0.6) is 0 Å². The van der Waals surface area contributed by atoms with Gasteiger partial charge in [0.05, 0.1) is 6.04 Å². The lowest BCUT2D eigenvalue weighted by atomic mass is 10.0. The van der Waals surface area contributed by atoms with Gasteiger partial charge in [0.1, 0.15) is 0 Å². The molecule has 2 unspecified atom stereocenters. The first-order chi connectivity index (χ1) is 6.43. The highest BCUT2D eigenvalue weighted by Crippen LogP contribution is 2.23. The number of rotatable bonds is 2. The summed E-state index contributed by atoms with van der Waals surface area (Å²) in [6, 6.07) is 0.0325. The third kappa shape index (κ3) is 2.27. The molecule has 0 spiro atoms. The fourth-order valence-electron chi connectivity index (χ4n) is 2.08. The van der Waals surface area contributed by atoms with Gasteiger partial charge in [-0.25, -0.2) is 0 Å². The average Bonchev–Trinajstić information content (AvgIpc) is 2.42. The Morgan fingerprint density at radius 1 is 1.43 bits per heavy atom. The maximum atomic E-state index is 11.9. The Hall–Kier alpha value is -0.570. The molecule has 0 aromatic rings. The van der Waals surface area contributed by atoms with Crippen molar-refractivity contribution in [2.75, 3.05) is 6.54 Å². The molecule has 0 radical (unpaired) electrons. The van der Waals surface area contributed by atoms with Gasteiger partial charge < -0.3 is 10.6 Å². The summed E-state index contributed by atoms with van der Waals surface area (Å²) in [5.41, 5.74) is 5.86. The van der Waals surface area contributed by atoms with Crippen molar-refractivity contribution in [2.24, 2.45) is 17.6 Å². The number of likely N-dealkylation sites (tertiary alicyclic amines) is 1. The summed E-state index contributed by atoms with van der Waals surface area (Å²) in [4.78, 5) is 13.9. The molecule has 0 aromatic carbocycles. The summed E-state index contributed by atoms with van der Waals surface area (Å²) >= 11 is 0. The van der Waals surface area contributed by atoms with E-state index in [4.69, 9.17) is 5.73 Å². The molecule has 1 aliphatic heterocycles. The van der Waals surface area contributed by atoms with Crippen LogP contribution in [0.15, 0.2) is 0 Å². The van der Waals surface area contributed by atoms with E-state index in [-0.39, 0.29) is 17.9 Å². The van der Waals surface area contributed by atoms with Gasteiger partial charge in [-0.05, 0) is 25.2 Å². The van der Waals surface area contributed by atoms with Gasteiger partial charge >= 0.3 is 0 Å². The molecular weight excluding hydrogens is 176 g/mol. The maximum Gasteiger partial charge on any atom is 0.239 e. The quantitative estimate of drug-likeness (QED) is 0.725. The van der Waals surface area contributed by atoms with E-state index in [2.05, 4.69) is 13.8 Å². The van der Waals surface area contributed by atoms with Crippen LogP contribution in [0.2, 0.25) is 0 Å². The zero-order chi connectivity index (χ0) is 10.9. The van der Waals surface area contributed by atoms with Crippen LogP contribution in [-0.4, -0.2) is 29.4 Å². The van der Waals surface area contributed by atoms with Crippen molar-refractivity contribution >= 4 is 5.91 Å². The monoisotopic (exact) mass is 198 g/mol. The second kappa shape index (κ2) is 4.30. The Morgan fingerprint density at radius 2 is 2.00 bits per heavy atom. The van der Waals surface area contributed by atoms with Crippen LogP contribution in [-0.2, 0) is 4.79 Å². The lowest BCUT2D eigenvalue weighted by Crippen LogP contribution is -2.47. The number of hydrogen-bond donors (Lipinski definition) is 1. The number of nitrogens with two attached hydrogens (primary N) is 1. The second-order valence-corrected chi connectivity index (χ2v) is 4.95. The minimum absolute atomic E-state index is 0.122. The first-order valence-corrected chi connectivity index (χ1v) is 5.49. The number of nitrogens with zero attached hydrogens (tertiary/aromatic N) is 1. The minimum Gasteiger partial charge on any atom is -0.338 e. The van der Waals surface area contributed by atoms with Crippen LogP contribution in [0.1, 0.15) is 34.1 Å². The Bertz CT molecular complexity index is 215. The van der Waals surface area contributed by atoms with Crippen molar-refractivity contribution in [1.29, 1.82) is 0 Å². The smallest absolute Gasteiger partial charge is 0.239 e. The zero-order valence-electron chi connectivity index (χ0n) is 9.66. The minimum atomic E-state index is -0.331. The first kappa shape index (κ1) is 11.5. The first-order valence-electron chi connectivity index (χ1n) is 5.49. The van der Waals surface area contributed by atoms with Gasteiger partial charge in [0.2, 0.25) is 5.91 Å². The summed E-state index contributed by atoms with van der Waals surface area (Å²) in [5, 5.41) is 0. The van der Waals surface area contributed by atoms with Gasteiger partial charge in [-0.1, -0.05) is 20.8 Å². The van der Waals surface area contributed by atoms with E-state index >= 15 is 0 Å². The standard InChI is InChI=1S/C11H22N2O/c1-7(2)10(12)11(14)13-6-8(3)5-9(13)4/h7-10H,5-6,12H2,1-4H3/t8?,9?,10-/m1/s1. The van der Waals surface area contributed by atoms with E-state index in [0.29, 0.717) is 12.0 Å². The predicted molar refractivity (Wildman–Crippen MR) is 57.8 cm³/mol. The number of carbonyl (C=O) groups excluding carboxylic acids is 1. The van der Waals surface area contributed by atoms with E-state index in [1.807, 2.05) is 18.7 Å². The Labute approximate surface area is 86.6 Å². The molecule has 1 saturated heterocycles. The summed E-state index contributed by atoms with van der Waals surface area (Å²) in [6.45, 7) is 9.15. The SMILES string of the molecule is CC1CC(C)N(C(=O)[C@H](N)C(C)C)C1. The molecule has 1 amide bonds.